The van der Waals surface area contributed by atoms with Crippen LogP contribution in [0.5, 0.6) is 11.5 Å². The first-order chi connectivity index (χ1) is 20.1. The monoisotopic (exact) mass is 601 g/mol. The van der Waals surface area contributed by atoms with Crippen molar-refractivity contribution in [3.8, 4) is 33.9 Å². The van der Waals surface area contributed by atoms with Gasteiger partial charge in [0.2, 0.25) is 0 Å². The van der Waals surface area contributed by atoms with Crippen LogP contribution >= 0.6 is 11.8 Å². The van der Waals surface area contributed by atoms with E-state index in [0.29, 0.717) is 22.8 Å². The number of carbonyl (C=O) groups excluding carboxylic acids is 1. The largest absolute Gasteiger partial charge is 0.508 e. The zero-order valence-electron chi connectivity index (χ0n) is 24.3. The molecule has 12 heteroatoms. The minimum Gasteiger partial charge on any atom is -0.508 e. The second-order valence-electron chi connectivity index (χ2n) is 9.76. The summed E-state index contributed by atoms with van der Waals surface area (Å²) in [5.74, 6) is 0.518. The number of phenolic OH excluding ortho intramolecular Hbond substituents is 2. The number of nitrogens with zero attached hydrogens (tertiary/aromatic N) is 2. The Labute approximate surface area is 249 Å². The maximum Gasteiger partial charge on any atom is 0.290 e. The summed E-state index contributed by atoms with van der Waals surface area (Å²) in [6.45, 7) is 14.0. The van der Waals surface area contributed by atoms with Crippen LogP contribution < -0.4 is 5.48 Å². The Hall–Kier alpha value is -3.84. The first kappa shape index (κ1) is 34.4. The lowest BCUT2D eigenvalue weighted by Crippen LogP contribution is -2.35. The van der Waals surface area contributed by atoms with Crippen LogP contribution in [0.15, 0.2) is 47.5 Å². The van der Waals surface area contributed by atoms with Crippen LogP contribution in [-0.4, -0.2) is 81.3 Å². The highest BCUT2D eigenvalue weighted by atomic mass is 32.2. The number of nitrogens with one attached hydrogen (secondary N) is 1. The predicted octanol–water partition coefficient (Wildman–Crippen LogP) is 4.96. The van der Waals surface area contributed by atoms with Gasteiger partial charge in [0.05, 0.1) is 30.1 Å². The summed E-state index contributed by atoms with van der Waals surface area (Å²) in [7, 11) is 0. The van der Waals surface area contributed by atoms with Crippen molar-refractivity contribution in [3.05, 3.63) is 59.8 Å². The molecule has 0 spiro atoms. The van der Waals surface area contributed by atoms with E-state index in [1.807, 2.05) is 20.8 Å². The molecular weight excluding hydrogens is 562 g/mol. The molecule has 0 radical (unpaired) electrons. The number of phenols is 2. The Kier molecular flexibility index (Phi) is 14.1. The smallest absolute Gasteiger partial charge is 0.290 e. The van der Waals surface area contributed by atoms with Crippen molar-refractivity contribution >= 4 is 29.7 Å². The number of rotatable bonds is 8. The zero-order valence-corrected chi connectivity index (χ0v) is 25.1. The molecule has 3 aromatic rings. The summed E-state index contributed by atoms with van der Waals surface area (Å²) in [6, 6.07) is 11.5. The van der Waals surface area contributed by atoms with Gasteiger partial charge in [-0.1, -0.05) is 49.8 Å². The molecule has 1 amide bonds. The summed E-state index contributed by atoms with van der Waals surface area (Å²) in [4.78, 5) is 20.8. The quantitative estimate of drug-likeness (QED) is 0.134. The number of carbonyl (C=O) groups is 2. The van der Waals surface area contributed by atoms with Gasteiger partial charge >= 0.3 is 0 Å². The fourth-order valence-corrected chi connectivity index (χ4v) is 4.56. The highest BCUT2D eigenvalue weighted by molar-refractivity contribution is 7.99. The molecule has 42 heavy (non-hydrogen) atoms. The molecule has 0 unspecified atom stereocenters. The molecule has 2 aromatic carbocycles. The van der Waals surface area contributed by atoms with E-state index in [0.717, 1.165) is 55.1 Å². The van der Waals surface area contributed by atoms with Crippen molar-refractivity contribution in [2.45, 2.75) is 33.2 Å². The Morgan fingerprint density at radius 3 is 2.29 bits per heavy atom. The van der Waals surface area contributed by atoms with Crippen molar-refractivity contribution in [1.29, 1.82) is 0 Å². The van der Waals surface area contributed by atoms with Crippen LogP contribution in [0.4, 0.5) is 0 Å². The van der Waals surface area contributed by atoms with Crippen LogP contribution in [0.3, 0.4) is 0 Å². The molecule has 11 nitrogen and oxygen atoms in total. The number of thioether (sulfide) groups is 1. The Balaban J connectivity index is 0.000000534. The molecule has 4 rings (SSSR count). The SMILES string of the molecule is C=C(C)c1noc(-c2cc(C(C)C)c(O)cc2O)c1-c1ccc(CN2CCOCC2)cc1.CSCC(=O)NO.O=CO. The van der Waals surface area contributed by atoms with Crippen molar-refractivity contribution in [2.75, 3.05) is 38.3 Å². The van der Waals surface area contributed by atoms with E-state index < -0.39 is 0 Å². The normalized spacial score (nSPS) is 12.9. The van der Waals surface area contributed by atoms with Crippen molar-refractivity contribution in [2.24, 2.45) is 0 Å². The molecule has 1 saturated heterocycles. The third-order valence-electron chi connectivity index (χ3n) is 6.26. The number of morpholine rings is 1. The third kappa shape index (κ3) is 9.62. The van der Waals surface area contributed by atoms with Crippen LogP contribution in [0.2, 0.25) is 0 Å². The minimum atomic E-state index is -0.354. The van der Waals surface area contributed by atoms with Gasteiger partial charge in [0.25, 0.3) is 12.4 Å². The third-order valence-corrected chi connectivity index (χ3v) is 6.81. The Bertz CT molecular complexity index is 1320. The van der Waals surface area contributed by atoms with E-state index in [9.17, 15) is 15.0 Å². The number of ether oxygens (including phenoxy) is 1. The molecular formula is C30H39N3O8S. The lowest BCUT2D eigenvalue weighted by molar-refractivity contribution is -0.126. The maximum atomic E-state index is 10.6. The van der Waals surface area contributed by atoms with Gasteiger partial charge in [-0.15, -0.1) is 0 Å². The fourth-order valence-electron chi connectivity index (χ4n) is 4.23. The molecule has 1 fully saturated rings. The van der Waals surface area contributed by atoms with Gasteiger partial charge in [0.1, 0.15) is 17.2 Å². The average Bonchev–Trinajstić information content (AvgIpc) is 3.40. The van der Waals surface area contributed by atoms with Gasteiger partial charge in [-0.25, -0.2) is 5.48 Å². The van der Waals surface area contributed by atoms with E-state index in [4.69, 9.17) is 24.4 Å². The zero-order chi connectivity index (χ0) is 31.2. The summed E-state index contributed by atoms with van der Waals surface area (Å²) in [5, 5.41) is 39.9. The average molecular weight is 602 g/mol. The number of aromatic nitrogens is 1. The number of carboxylic acid groups (broad SMARTS) is 1. The van der Waals surface area contributed by atoms with Crippen molar-refractivity contribution < 1.29 is 39.4 Å². The van der Waals surface area contributed by atoms with Gasteiger partial charge in [-0.05, 0) is 47.4 Å². The van der Waals surface area contributed by atoms with Gasteiger partial charge in [-0.2, -0.15) is 11.8 Å². The van der Waals surface area contributed by atoms with Crippen LogP contribution in [-0.2, 0) is 20.9 Å². The van der Waals surface area contributed by atoms with Crippen LogP contribution in [0, 0.1) is 0 Å². The number of hydroxylamine groups is 1. The summed E-state index contributed by atoms with van der Waals surface area (Å²) in [6.07, 6.45) is 1.79. The lowest BCUT2D eigenvalue weighted by Gasteiger charge is -2.26. The highest BCUT2D eigenvalue weighted by Crippen LogP contribution is 2.44. The molecule has 0 aliphatic carbocycles. The van der Waals surface area contributed by atoms with E-state index in [1.165, 1.54) is 28.9 Å². The number of allylic oxidation sites excluding steroid dienone is 1. The Morgan fingerprint density at radius 1 is 1.17 bits per heavy atom. The van der Waals surface area contributed by atoms with Gasteiger partial charge < -0.3 is 24.6 Å². The number of hydrogen-bond acceptors (Lipinski definition) is 10. The molecule has 2 heterocycles. The molecule has 0 saturated carbocycles. The number of amides is 1. The molecule has 1 aliphatic rings. The summed E-state index contributed by atoms with van der Waals surface area (Å²) >= 11 is 1.36. The number of benzene rings is 2. The van der Waals surface area contributed by atoms with Crippen molar-refractivity contribution in [1.82, 2.24) is 15.5 Å². The van der Waals surface area contributed by atoms with E-state index in [-0.39, 0.29) is 29.8 Å². The van der Waals surface area contributed by atoms with E-state index in [2.05, 4.69) is 40.9 Å². The number of hydrogen-bond donors (Lipinski definition) is 5. The standard InChI is InChI=1S/C26H30N2O4.C3H7NO2S.CH2O2/c1-16(2)20-13-21(23(30)14-22(20)29)26-24(25(17(3)4)27-32-26)19-7-5-18(6-8-19)15-28-9-11-31-12-10-28;1-7-2-3(5)4-6;2-1-3/h5-8,13-14,16,29-30H,3,9-12,15H2,1-2,4H3;6H,2H2,1H3,(H,4,5);1H,(H,2,3). The lowest BCUT2D eigenvalue weighted by atomic mass is 9.93. The van der Waals surface area contributed by atoms with Crippen LogP contribution in [0.1, 0.15) is 43.5 Å². The highest BCUT2D eigenvalue weighted by Gasteiger charge is 2.24. The first-order valence-electron chi connectivity index (χ1n) is 13.2. The van der Waals surface area contributed by atoms with Gasteiger partial charge in [0, 0.05) is 25.7 Å². The van der Waals surface area contributed by atoms with E-state index in [1.54, 1.807) is 12.3 Å². The molecule has 0 atom stereocenters. The van der Waals surface area contributed by atoms with E-state index >= 15 is 0 Å². The molecule has 228 valence electrons. The Morgan fingerprint density at radius 2 is 1.79 bits per heavy atom. The summed E-state index contributed by atoms with van der Waals surface area (Å²) < 4.78 is 11.2. The number of aromatic hydroxyl groups is 2. The molecule has 1 aliphatic heterocycles. The minimum absolute atomic E-state index is 0.0542. The molecule has 1 aromatic heterocycles. The molecule has 5 N–H and O–H groups in total. The topological polar surface area (TPSA) is 166 Å². The molecule has 0 bridgehead atoms. The predicted molar refractivity (Wildman–Crippen MR) is 163 cm³/mol. The van der Waals surface area contributed by atoms with Gasteiger partial charge in [0.15, 0.2) is 5.76 Å². The van der Waals surface area contributed by atoms with Crippen molar-refractivity contribution in [3.63, 3.8) is 0 Å². The first-order valence-corrected chi connectivity index (χ1v) is 14.6. The van der Waals surface area contributed by atoms with Gasteiger partial charge in [-0.3, -0.25) is 19.7 Å². The van der Waals surface area contributed by atoms with Crippen LogP contribution in [0.25, 0.3) is 28.0 Å². The second-order valence-corrected chi connectivity index (χ2v) is 10.6. The second kappa shape index (κ2) is 17.2. The fraction of sp³-hybridized carbons (Fsp3) is 0.367. The maximum absolute atomic E-state index is 10.6. The summed E-state index contributed by atoms with van der Waals surface area (Å²) in [5.41, 5.74) is 7.10.